The summed E-state index contributed by atoms with van der Waals surface area (Å²) < 4.78 is 33.6. The largest absolute Gasteiger partial charge is 0.495 e. The van der Waals surface area contributed by atoms with Gasteiger partial charge in [-0.25, -0.2) is 8.42 Å². The van der Waals surface area contributed by atoms with E-state index < -0.39 is 10.0 Å². The molecule has 9 heteroatoms. The minimum absolute atomic E-state index is 0.0195. The summed E-state index contributed by atoms with van der Waals surface area (Å²) >= 11 is 7.52. The van der Waals surface area contributed by atoms with Crippen LogP contribution in [0, 0.1) is 0 Å². The zero-order chi connectivity index (χ0) is 25.9. The molecule has 3 aromatic carbocycles. The molecule has 1 amide bonds. The van der Waals surface area contributed by atoms with Crippen molar-refractivity contribution in [1.82, 2.24) is 5.32 Å². The number of aryl methyl sites for hydroxylation is 1. The highest BCUT2D eigenvalue weighted by molar-refractivity contribution is 7.92. The summed E-state index contributed by atoms with van der Waals surface area (Å²) in [7, 11) is -0.887. The van der Waals surface area contributed by atoms with Crippen molar-refractivity contribution in [3.05, 3.63) is 88.3 Å². The average molecular weight is 543 g/mol. The van der Waals surface area contributed by atoms with E-state index in [1.807, 2.05) is 31.2 Å². The maximum atomic E-state index is 13.2. The van der Waals surface area contributed by atoms with Gasteiger partial charge in [-0.1, -0.05) is 41.9 Å². The van der Waals surface area contributed by atoms with E-state index >= 15 is 0 Å². The first-order chi connectivity index (χ1) is 17.2. The number of carbonyl (C=O) groups is 1. The zero-order valence-electron chi connectivity index (χ0n) is 20.2. The third-order valence-electron chi connectivity index (χ3n) is 5.96. The van der Waals surface area contributed by atoms with E-state index in [1.54, 1.807) is 18.2 Å². The number of anilines is 1. The quantitative estimate of drug-likeness (QED) is 0.276. The van der Waals surface area contributed by atoms with Crippen molar-refractivity contribution in [3.63, 3.8) is 0 Å². The van der Waals surface area contributed by atoms with Gasteiger partial charge in [-0.2, -0.15) is 0 Å². The van der Waals surface area contributed by atoms with Gasteiger partial charge in [0.05, 0.1) is 27.6 Å². The van der Waals surface area contributed by atoms with Crippen LogP contribution in [0.2, 0.25) is 5.02 Å². The molecule has 0 radical (unpaired) electrons. The van der Waals surface area contributed by atoms with Crippen LogP contribution < -0.4 is 14.4 Å². The van der Waals surface area contributed by atoms with Crippen molar-refractivity contribution in [2.24, 2.45) is 0 Å². The molecule has 0 aliphatic rings. The van der Waals surface area contributed by atoms with Gasteiger partial charge in [0.25, 0.3) is 15.9 Å². The Kier molecular flexibility index (Phi) is 7.88. The van der Waals surface area contributed by atoms with E-state index in [1.165, 1.54) is 53.6 Å². The number of benzene rings is 3. The van der Waals surface area contributed by atoms with Crippen molar-refractivity contribution in [3.8, 4) is 5.75 Å². The average Bonchev–Trinajstić information content (AvgIpc) is 3.31. The van der Waals surface area contributed by atoms with Crippen molar-refractivity contribution >= 4 is 54.6 Å². The Labute approximate surface area is 220 Å². The Morgan fingerprint density at radius 1 is 1.08 bits per heavy atom. The molecule has 1 heterocycles. The predicted molar refractivity (Wildman–Crippen MR) is 147 cm³/mol. The summed E-state index contributed by atoms with van der Waals surface area (Å²) in [5.74, 6) is 0.269. The predicted octanol–water partition coefficient (Wildman–Crippen LogP) is 6.14. The molecular formula is C27H27ClN2O4S2. The summed E-state index contributed by atoms with van der Waals surface area (Å²) in [6.45, 7) is 2.00. The lowest BCUT2D eigenvalue weighted by Gasteiger charge is -2.20. The summed E-state index contributed by atoms with van der Waals surface area (Å²) in [5.41, 5.74) is 1.72. The maximum Gasteiger partial charge on any atom is 0.264 e. The normalized spacial score (nSPS) is 12.3. The number of hydrogen-bond donors (Lipinski definition) is 1. The fraction of sp³-hybridized carbons (Fsp3) is 0.222. The zero-order valence-corrected chi connectivity index (χ0v) is 22.6. The smallest absolute Gasteiger partial charge is 0.264 e. The highest BCUT2D eigenvalue weighted by atomic mass is 35.5. The highest BCUT2D eigenvalue weighted by Gasteiger charge is 2.23. The van der Waals surface area contributed by atoms with Crippen LogP contribution in [0.4, 0.5) is 5.69 Å². The summed E-state index contributed by atoms with van der Waals surface area (Å²) in [4.78, 5) is 13.5. The van der Waals surface area contributed by atoms with Crippen LogP contribution in [-0.2, 0) is 16.4 Å². The molecule has 36 heavy (non-hydrogen) atoms. The lowest BCUT2D eigenvalue weighted by molar-refractivity contribution is 0.0942. The van der Waals surface area contributed by atoms with Crippen LogP contribution in [0.3, 0.4) is 0 Å². The minimum Gasteiger partial charge on any atom is -0.495 e. The minimum atomic E-state index is -3.85. The van der Waals surface area contributed by atoms with Crippen LogP contribution in [0.1, 0.15) is 28.6 Å². The molecule has 188 valence electrons. The van der Waals surface area contributed by atoms with Crippen LogP contribution in [0.5, 0.6) is 5.75 Å². The summed E-state index contributed by atoms with van der Waals surface area (Å²) in [6.07, 6.45) is 1.72. The number of fused-ring (bicyclic) bond motifs is 1. The number of amides is 1. The molecule has 0 spiro atoms. The van der Waals surface area contributed by atoms with Crippen LogP contribution in [0.25, 0.3) is 10.1 Å². The summed E-state index contributed by atoms with van der Waals surface area (Å²) in [5, 5.41) is 4.08. The number of nitrogens with one attached hydrogen (secondary N) is 1. The molecule has 1 N–H and O–H groups in total. The van der Waals surface area contributed by atoms with Crippen molar-refractivity contribution in [1.29, 1.82) is 0 Å². The van der Waals surface area contributed by atoms with Gasteiger partial charge in [-0.3, -0.25) is 9.10 Å². The second-order valence-corrected chi connectivity index (χ2v) is 12.0. The number of nitrogens with zero attached hydrogens (tertiary/aromatic N) is 1. The van der Waals surface area contributed by atoms with Gasteiger partial charge in [0.15, 0.2) is 0 Å². The van der Waals surface area contributed by atoms with Crippen LogP contribution in [0.15, 0.2) is 77.7 Å². The second kappa shape index (κ2) is 10.9. The van der Waals surface area contributed by atoms with E-state index in [0.717, 1.165) is 22.9 Å². The fourth-order valence-electron chi connectivity index (χ4n) is 3.84. The molecule has 4 aromatic rings. The van der Waals surface area contributed by atoms with Crippen molar-refractivity contribution < 1.29 is 17.9 Å². The van der Waals surface area contributed by atoms with Gasteiger partial charge in [0, 0.05) is 17.8 Å². The highest BCUT2D eigenvalue weighted by Crippen LogP contribution is 2.33. The molecule has 4 rings (SSSR count). The van der Waals surface area contributed by atoms with E-state index in [-0.39, 0.29) is 21.9 Å². The Morgan fingerprint density at radius 3 is 2.53 bits per heavy atom. The topological polar surface area (TPSA) is 75.7 Å². The van der Waals surface area contributed by atoms with E-state index in [0.29, 0.717) is 16.3 Å². The molecule has 0 unspecified atom stereocenters. The second-order valence-electron chi connectivity index (χ2n) is 8.50. The first kappa shape index (κ1) is 26.0. The number of ether oxygens (including phenoxy) is 1. The SMILES string of the molecule is COc1ccc(S(=O)(=O)N(C)c2ccc3sc(C(=O)N[C@H](C)CCc4ccccc4)cc3c2)cc1Cl. The molecule has 0 fully saturated rings. The number of halogens is 1. The molecule has 6 nitrogen and oxygen atoms in total. The number of rotatable bonds is 9. The van der Waals surface area contributed by atoms with Gasteiger partial charge in [0.2, 0.25) is 0 Å². The molecular weight excluding hydrogens is 516 g/mol. The lowest BCUT2D eigenvalue weighted by atomic mass is 10.1. The summed E-state index contributed by atoms with van der Waals surface area (Å²) in [6, 6.07) is 21.7. The Bertz CT molecular complexity index is 1490. The van der Waals surface area contributed by atoms with Crippen LogP contribution >= 0.6 is 22.9 Å². The van der Waals surface area contributed by atoms with Gasteiger partial charge < -0.3 is 10.1 Å². The number of sulfonamides is 1. The van der Waals surface area contributed by atoms with Gasteiger partial charge in [0.1, 0.15) is 5.75 Å². The third kappa shape index (κ3) is 5.67. The van der Waals surface area contributed by atoms with Crippen molar-refractivity contribution in [2.75, 3.05) is 18.5 Å². The van der Waals surface area contributed by atoms with E-state index in [9.17, 15) is 13.2 Å². The Balaban J connectivity index is 1.48. The fourth-order valence-corrected chi connectivity index (χ4v) is 6.32. The first-order valence-electron chi connectivity index (χ1n) is 11.4. The molecule has 0 saturated heterocycles. The number of hydrogen-bond acceptors (Lipinski definition) is 5. The maximum absolute atomic E-state index is 13.2. The Hall–Kier alpha value is -3.07. The number of methoxy groups -OCH3 is 1. The number of thiophene rings is 1. The third-order valence-corrected chi connectivity index (χ3v) is 9.15. The van der Waals surface area contributed by atoms with Gasteiger partial charge in [-0.15, -0.1) is 11.3 Å². The Morgan fingerprint density at radius 2 is 1.83 bits per heavy atom. The molecule has 1 aromatic heterocycles. The molecule has 0 saturated carbocycles. The van der Waals surface area contributed by atoms with Crippen LogP contribution in [-0.4, -0.2) is 34.5 Å². The van der Waals surface area contributed by atoms with Crippen molar-refractivity contribution in [2.45, 2.75) is 30.7 Å². The lowest BCUT2D eigenvalue weighted by Crippen LogP contribution is -2.32. The van der Waals surface area contributed by atoms with Gasteiger partial charge >= 0.3 is 0 Å². The van der Waals surface area contributed by atoms with E-state index in [4.69, 9.17) is 16.3 Å². The molecule has 0 aliphatic carbocycles. The molecule has 0 aliphatic heterocycles. The van der Waals surface area contributed by atoms with Gasteiger partial charge in [-0.05, 0) is 73.2 Å². The molecule has 1 atom stereocenters. The number of carbonyl (C=O) groups excluding carboxylic acids is 1. The molecule has 0 bridgehead atoms. The monoisotopic (exact) mass is 542 g/mol. The first-order valence-corrected chi connectivity index (χ1v) is 14.0. The van der Waals surface area contributed by atoms with E-state index in [2.05, 4.69) is 17.4 Å². The standard InChI is InChI=1S/C27H27ClN2O4S2/c1-18(9-10-19-7-5-4-6-8-19)29-27(31)26-16-20-15-21(11-14-25(20)35-26)30(2)36(32,33)22-12-13-24(34-3)23(28)17-22/h4-8,11-18H,9-10H2,1-3H3,(H,29,31)/t18-/m1/s1.